The second-order valence-electron chi connectivity index (χ2n) is 8.50. The van der Waals surface area contributed by atoms with E-state index in [0.717, 1.165) is 16.5 Å². The van der Waals surface area contributed by atoms with Crippen molar-refractivity contribution in [3.63, 3.8) is 0 Å². The first-order valence-electron chi connectivity index (χ1n) is 10.5. The summed E-state index contributed by atoms with van der Waals surface area (Å²) < 4.78 is 26.6. The molecule has 168 valence electrons. The zero-order chi connectivity index (χ0) is 22.7. The number of hydrogen-bond donors (Lipinski definition) is 1. The van der Waals surface area contributed by atoms with Crippen molar-refractivity contribution in [1.82, 2.24) is 15.0 Å². The van der Waals surface area contributed by atoms with Gasteiger partial charge in [-0.2, -0.15) is 9.56 Å². The fraction of sp³-hybridized carbons (Fsp3) is 0.304. The number of benzene rings is 1. The Kier molecular flexibility index (Phi) is 4.55. The van der Waals surface area contributed by atoms with Crippen LogP contribution < -0.4 is 10.5 Å². The van der Waals surface area contributed by atoms with Gasteiger partial charge < -0.3 is 24.7 Å². The molecule has 3 aliphatic rings. The first kappa shape index (κ1) is 20.3. The van der Waals surface area contributed by atoms with Gasteiger partial charge in [0.05, 0.1) is 5.52 Å². The van der Waals surface area contributed by atoms with Crippen molar-refractivity contribution in [3.05, 3.63) is 53.6 Å². The molecule has 10 heteroatoms. The third-order valence-corrected chi connectivity index (χ3v) is 6.01. The molecular formula is C23H21ClN5O4+. The van der Waals surface area contributed by atoms with Gasteiger partial charge >= 0.3 is 5.82 Å². The first-order chi connectivity index (χ1) is 15.9. The van der Waals surface area contributed by atoms with Crippen LogP contribution in [0.25, 0.3) is 17.0 Å². The Morgan fingerprint density at radius 3 is 2.91 bits per heavy atom. The standard InChI is InChI=1S/C23H21ClN5O4/c1-23(2)32-18-16(10-30-13-5-3-12-4-6-17(24)28-15(12)9-13)31-22(19(18)33-23)29-8-7-14-20(25)26-11-27-21(14)29/h3-9,11,16,18-19H,10H2,1-2H3,(H2,25,26,27)/q+1/t16-,18-,19-/m1/s1. The smallest absolute Gasteiger partial charge is 0.343 e. The van der Waals surface area contributed by atoms with Crippen LogP contribution in [0.1, 0.15) is 19.4 Å². The van der Waals surface area contributed by atoms with Crippen molar-refractivity contribution in [2.45, 2.75) is 37.9 Å². The zero-order valence-electron chi connectivity index (χ0n) is 17.9. The lowest BCUT2D eigenvalue weighted by Crippen LogP contribution is -2.33. The molecule has 0 unspecified atom stereocenters. The number of pyridine rings is 1. The Morgan fingerprint density at radius 1 is 1.18 bits per heavy atom. The van der Waals surface area contributed by atoms with E-state index in [0.29, 0.717) is 28.4 Å². The van der Waals surface area contributed by atoms with Gasteiger partial charge in [-0.1, -0.05) is 11.6 Å². The van der Waals surface area contributed by atoms with Crippen molar-refractivity contribution in [2.75, 3.05) is 12.3 Å². The fourth-order valence-corrected chi connectivity index (χ4v) is 4.51. The molecule has 9 nitrogen and oxygen atoms in total. The first-order valence-corrected chi connectivity index (χ1v) is 10.9. The minimum Gasteiger partial charge on any atom is -0.490 e. The number of nitrogens with zero attached hydrogens (tertiary/aromatic N) is 4. The zero-order valence-corrected chi connectivity index (χ0v) is 18.7. The monoisotopic (exact) mass is 466 g/mol. The summed E-state index contributed by atoms with van der Waals surface area (Å²) in [6, 6.07) is 9.37. The summed E-state index contributed by atoms with van der Waals surface area (Å²) >= 11 is 6.03. The second-order valence-corrected chi connectivity index (χ2v) is 8.88. The molecule has 2 N–H and O–H groups in total. The van der Waals surface area contributed by atoms with Crippen molar-refractivity contribution in [1.29, 1.82) is 0 Å². The molecule has 0 amide bonds. The van der Waals surface area contributed by atoms with Crippen LogP contribution in [-0.2, 0) is 14.2 Å². The highest BCUT2D eigenvalue weighted by Crippen LogP contribution is 2.39. The Labute approximate surface area is 194 Å². The number of ether oxygens (including phenoxy) is 4. The second kappa shape index (κ2) is 7.38. The molecule has 0 saturated carbocycles. The van der Waals surface area contributed by atoms with Gasteiger partial charge in [-0.05, 0) is 49.2 Å². The van der Waals surface area contributed by atoms with Crippen LogP contribution in [0.15, 0.2) is 42.9 Å². The molecule has 0 spiro atoms. The van der Waals surface area contributed by atoms with Crippen molar-refractivity contribution in [2.24, 2.45) is 0 Å². The van der Waals surface area contributed by atoms with Crippen LogP contribution in [0.5, 0.6) is 5.75 Å². The average Bonchev–Trinajstić information content (AvgIpc) is 3.43. The third kappa shape index (κ3) is 3.49. The van der Waals surface area contributed by atoms with E-state index in [4.69, 9.17) is 36.3 Å². The van der Waals surface area contributed by atoms with E-state index in [1.165, 1.54) is 6.33 Å². The van der Waals surface area contributed by atoms with E-state index in [1.54, 1.807) is 6.07 Å². The van der Waals surface area contributed by atoms with Crippen LogP contribution in [0.4, 0.5) is 11.6 Å². The lowest BCUT2D eigenvalue weighted by Gasteiger charge is -2.22. The highest BCUT2D eigenvalue weighted by molar-refractivity contribution is 6.29. The molecule has 33 heavy (non-hydrogen) atoms. The molecule has 2 fully saturated rings. The van der Waals surface area contributed by atoms with Gasteiger partial charge in [0.25, 0.3) is 5.90 Å². The Balaban J connectivity index is 1.29. The highest BCUT2D eigenvalue weighted by Gasteiger charge is 2.57. The number of aromatic nitrogens is 3. The molecule has 1 aromatic carbocycles. The summed E-state index contributed by atoms with van der Waals surface area (Å²) in [5, 5.41) is 1.41. The maximum absolute atomic E-state index is 6.31. The van der Waals surface area contributed by atoms with E-state index in [-0.39, 0.29) is 12.7 Å². The SMILES string of the molecule is CC1(C)O[C@@H]2[C@@H](COc3ccc4ccc(Cl)nc4c3)OC(=[N+]3C=Cc4c(N)ncnc43)[C@@H]2O1. The van der Waals surface area contributed by atoms with E-state index < -0.39 is 18.0 Å². The number of halogens is 1. The normalized spacial score (nSPS) is 26.9. The van der Waals surface area contributed by atoms with Gasteiger partial charge in [0.15, 0.2) is 18.0 Å². The number of hydrogen-bond acceptors (Lipinski definition) is 8. The van der Waals surface area contributed by atoms with E-state index >= 15 is 0 Å². The van der Waals surface area contributed by atoms with Gasteiger partial charge in [0.2, 0.25) is 6.33 Å². The molecule has 2 saturated heterocycles. The Bertz CT molecular complexity index is 1340. The predicted octanol–water partition coefficient (Wildman–Crippen LogP) is 3.29. The molecule has 0 radical (unpaired) electrons. The minimum absolute atomic E-state index is 0.256. The van der Waals surface area contributed by atoms with Crippen molar-refractivity contribution < 1.29 is 23.5 Å². The Morgan fingerprint density at radius 2 is 2.03 bits per heavy atom. The molecule has 0 bridgehead atoms. The maximum Gasteiger partial charge on any atom is 0.343 e. The molecule has 3 aliphatic heterocycles. The minimum atomic E-state index is -0.761. The van der Waals surface area contributed by atoms with Gasteiger partial charge in [-0.25, -0.2) is 4.98 Å². The molecule has 3 atom stereocenters. The lowest BCUT2D eigenvalue weighted by molar-refractivity contribution is -0.377. The molecule has 6 rings (SSSR count). The van der Waals surface area contributed by atoms with E-state index in [2.05, 4.69) is 15.0 Å². The van der Waals surface area contributed by atoms with Crippen LogP contribution in [0.3, 0.4) is 0 Å². The highest BCUT2D eigenvalue weighted by atomic mass is 35.5. The molecule has 0 aliphatic carbocycles. The lowest BCUT2D eigenvalue weighted by atomic mass is 10.1. The van der Waals surface area contributed by atoms with Crippen LogP contribution in [-0.4, -0.2) is 56.1 Å². The molecule has 5 heterocycles. The Hall–Kier alpha value is -3.27. The quantitative estimate of drug-likeness (QED) is 0.463. The summed E-state index contributed by atoms with van der Waals surface area (Å²) in [5.74, 6) is 1.53. The fourth-order valence-electron chi connectivity index (χ4n) is 4.35. The van der Waals surface area contributed by atoms with Crippen molar-refractivity contribution >= 4 is 46.1 Å². The molecular weight excluding hydrogens is 446 g/mol. The summed E-state index contributed by atoms with van der Waals surface area (Å²) in [4.78, 5) is 12.8. The topological polar surface area (TPSA) is 105 Å². The number of nitrogens with two attached hydrogens (primary N) is 1. The van der Waals surface area contributed by atoms with Gasteiger partial charge in [0.1, 0.15) is 41.2 Å². The summed E-state index contributed by atoms with van der Waals surface area (Å²) in [6.45, 7) is 4.02. The third-order valence-electron chi connectivity index (χ3n) is 5.80. The van der Waals surface area contributed by atoms with Crippen LogP contribution in [0, 0.1) is 0 Å². The largest absolute Gasteiger partial charge is 0.490 e. The number of nitrogen functional groups attached to an aromatic ring is 1. The molecule has 2 aromatic heterocycles. The summed E-state index contributed by atoms with van der Waals surface area (Å²) in [6.07, 6.45) is 3.97. The summed E-state index contributed by atoms with van der Waals surface area (Å²) in [7, 11) is 0. The van der Waals surface area contributed by atoms with Gasteiger partial charge in [-0.15, -0.1) is 0 Å². The average molecular weight is 467 g/mol. The van der Waals surface area contributed by atoms with E-state index in [9.17, 15) is 0 Å². The van der Waals surface area contributed by atoms with Crippen molar-refractivity contribution in [3.8, 4) is 5.75 Å². The van der Waals surface area contributed by atoms with Crippen LogP contribution in [0.2, 0.25) is 5.15 Å². The predicted molar refractivity (Wildman–Crippen MR) is 121 cm³/mol. The van der Waals surface area contributed by atoms with Gasteiger partial charge in [0, 0.05) is 11.5 Å². The number of fused-ring (bicyclic) bond motifs is 3. The number of anilines is 1. The van der Waals surface area contributed by atoms with Crippen LogP contribution >= 0.6 is 11.6 Å². The number of rotatable bonds is 3. The molecule has 3 aromatic rings. The summed E-state index contributed by atoms with van der Waals surface area (Å²) in [5.41, 5.74) is 7.50. The van der Waals surface area contributed by atoms with Gasteiger partial charge in [-0.3, -0.25) is 0 Å². The maximum atomic E-state index is 6.31. The van der Waals surface area contributed by atoms with E-state index in [1.807, 2.05) is 55.0 Å².